The van der Waals surface area contributed by atoms with E-state index in [0.717, 1.165) is 48.5 Å². The number of halogens is 3. The van der Waals surface area contributed by atoms with Crippen molar-refractivity contribution in [1.82, 2.24) is 4.72 Å². The summed E-state index contributed by atoms with van der Waals surface area (Å²) in [6, 6.07) is 19.9. The second-order valence-corrected chi connectivity index (χ2v) is 10.6. The first kappa shape index (κ1) is 24.6. The zero-order chi connectivity index (χ0) is 25.3. The third-order valence-corrected chi connectivity index (χ3v) is 7.94. The molecule has 3 aromatic carbocycles. The van der Waals surface area contributed by atoms with Crippen LogP contribution in [0.25, 0.3) is 0 Å². The second-order valence-electron chi connectivity index (χ2n) is 8.89. The zero-order valence-corrected chi connectivity index (χ0v) is 20.1. The van der Waals surface area contributed by atoms with Crippen LogP contribution in [0.1, 0.15) is 17.5 Å². The van der Waals surface area contributed by atoms with E-state index < -0.39 is 28.2 Å². The molecule has 0 radical (unpaired) electrons. The Labute approximate surface area is 207 Å². The Morgan fingerprint density at radius 1 is 0.861 bits per heavy atom. The van der Waals surface area contributed by atoms with Crippen LogP contribution < -0.4 is 14.4 Å². The van der Waals surface area contributed by atoms with Gasteiger partial charge in [-0.15, -0.1) is 13.2 Å². The van der Waals surface area contributed by atoms with Gasteiger partial charge in [0.1, 0.15) is 5.75 Å². The summed E-state index contributed by atoms with van der Waals surface area (Å²) in [6.07, 6.45) is -2.54. The van der Waals surface area contributed by atoms with Crippen molar-refractivity contribution in [3.63, 3.8) is 0 Å². The fourth-order valence-electron chi connectivity index (χ4n) is 4.89. The van der Waals surface area contributed by atoms with Crippen LogP contribution in [-0.4, -0.2) is 40.1 Å². The maximum Gasteiger partial charge on any atom is 0.573 e. The Balaban J connectivity index is 1.37. The van der Waals surface area contributed by atoms with Crippen molar-refractivity contribution in [2.75, 3.05) is 18.1 Å². The molecule has 36 heavy (non-hydrogen) atoms. The van der Waals surface area contributed by atoms with Gasteiger partial charge in [0, 0.05) is 17.4 Å². The topological polar surface area (TPSA) is 67.9 Å². The minimum absolute atomic E-state index is 0.116. The number of ether oxygens (including phenoxy) is 2. The molecule has 6 nitrogen and oxygen atoms in total. The number of fused-ring (bicyclic) bond motifs is 2. The summed E-state index contributed by atoms with van der Waals surface area (Å²) >= 11 is 0. The molecule has 0 aromatic heterocycles. The molecule has 3 aromatic rings. The van der Waals surface area contributed by atoms with Crippen LogP contribution in [0, 0.1) is 0 Å². The summed E-state index contributed by atoms with van der Waals surface area (Å²) in [5.41, 5.74) is 4.61. The fraction of sp³-hybridized carbons (Fsp3) is 0.308. The summed E-state index contributed by atoms with van der Waals surface area (Å²) in [7, 11) is -3.99. The Hall–Kier alpha value is -3.08. The van der Waals surface area contributed by atoms with Crippen LogP contribution in [0.3, 0.4) is 0 Å². The molecule has 0 aliphatic carbocycles. The predicted molar refractivity (Wildman–Crippen MR) is 129 cm³/mol. The second kappa shape index (κ2) is 9.76. The average molecular weight is 519 g/mol. The lowest BCUT2D eigenvalue weighted by molar-refractivity contribution is -0.274. The van der Waals surface area contributed by atoms with Gasteiger partial charge < -0.3 is 14.4 Å². The number of aryl methyl sites for hydroxylation is 2. The number of rotatable bonds is 5. The summed E-state index contributed by atoms with van der Waals surface area (Å²) in [4.78, 5) is 2.10. The number of alkyl halides is 3. The van der Waals surface area contributed by atoms with E-state index in [9.17, 15) is 21.6 Å². The molecule has 0 spiro atoms. The standard InChI is InChI=1S/C26H25F3N2O4S/c27-26(28,29)35-22-11-13-23(14-12-22)36(32,33)30-20-15-21(17-34-16-20)31-24-7-3-1-5-18(24)9-10-19-6-2-4-8-25(19)31/h1-8,11-14,20-21,30H,9-10,15-17H2/t20-,21+/m0/s1. The van der Waals surface area contributed by atoms with Gasteiger partial charge in [0.2, 0.25) is 10.0 Å². The molecule has 0 saturated carbocycles. The van der Waals surface area contributed by atoms with Gasteiger partial charge in [-0.05, 0) is 66.8 Å². The molecule has 1 N–H and O–H groups in total. The van der Waals surface area contributed by atoms with Crippen molar-refractivity contribution in [2.24, 2.45) is 0 Å². The maximum absolute atomic E-state index is 13.0. The molecule has 2 aliphatic rings. The average Bonchev–Trinajstić information content (AvgIpc) is 3.00. The summed E-state index contributed by atoms with van der Waals surface area (Å²) in [5, 5.41) is 0. The van der Waals surface area contributed by atoms with Crippen LogP contribution in [0.15, 0.2) is 77.7 Å². The van der Waals surface area contributed by atoms with Gasteiger partial charge in [-0.1, -0.05) is 36.4 Å². The van der Waals surface area contributed by atoms with Gasteiger partial charge in [-0.2, -0.15) is 0 Å². The number of hydrogen-bond donors (Lipinski definition) is 1. The van der Waals surface area contributed by atoms with Crippen molar-refractivity contribution in [1.29, 1.82) is 0 Å². The Kier molecular flexibility index (Phi) is 6.67. The van der Waals surface area contributed by atoms with E-state index in [-0.39, 0.29) is 17.5 Å². The van der Waals surface area contributed by atoms with Gasteiger partial charge in [0.05, 0.1) is 24.2 Å². The van der Waals surface area contributed by atoms with Crippen LogP contribution >= 0.6 is 0 Å². The number of nitrogens with zero attached hydrogens (tertiary/aromatic N) is 1. The van der Waals surface area contributed by atoms with Crippen molar-refractivity contribution in [3.05, 3.63) is 83.9 Å². The quantitative estimate of drug-likeness (QED) is 0.517. The molecule has 1 saturated heterocycles. The van der Waals surface area contributed by atoms with E-state index in [1.165, 1.54) is 11.1 Å². The highest BCUT2D eigenvalue weighted by Crippen LogP contribution is 2.39. The monoisotopic (exact) mass is 518 g/mol. The molecular weight excluding hydrogens is 493 g/mol. The molecular formula is C26H25F3N2O4S. The molecule has 0 unspecified atom stereocenters. The fourth-order valence-corrected chi connectivity index (χ4v) is 6.12. The normalized spacial score (nSPS) is 20.2. The summed E-state index contributed by atoms with van der Waals surface area (Å²) in [5.74, 6) is -0.485. The summed E-state index contributed by atoms with van der Waals surface area (Å²) in [6.45, 7) is 0.631. The molecule has 0 amide bonds. The number of hydrogen-bond acceptors (Lipinski definition) is 5. The first-order valence-electron chi connectivity index (χ1n) is 11.6. The number of nitrogens with one attached hydrogen (secondary N) is 1. The van der Waals surface area contributed by atoms with Gasteiger partial charge in [-0.25, -0.2) is 13.1 Å². The lowest BCUT2D eigenvalue weighted by Gasteiger charge is -2.39. The van der Waals surface area contributed by atoms with Gasteiger partial charge >= 0.3 is 6.36 Å². The van der Waals surface area contributed by atoms with Crippen molar-refractivity contribution >= 4 is 21.4 Å². The summed E-state index contributed by atoms with van der Waals surface area (Å²) < 4.78 is 75.6. The molecule has 10 heteroatoms. The highest BCUT2D eigenvalue weighted by Gasteiger charge is 2.34. The number of para-hydroxylation sites is 2. The third kappa shape index (κ3) is 5.35. The number of anilines is 2. The van der Waals surface area contributed by atoms with Crippen molar-refractivity contribution in [3.8, 4) is 5.75 Å². The van der Waals surface area contributed by atoms with Gasteiger partial charge in [0.25, 0.3) is 0 Å². The number of sulfonamides is 1. The van der Waals surface area contributed by atoms with Crippen molar-refractivity contribution < 1.29 is 31.1 Å². The number of benzene rings is 3. The molecule has 2 aliphatic heterocycles. The minimum Gasteiger partial charge on any atom is -0.406 e. The first-order chi connectivity index (χ1) is 17.2. The van der Waals surface area contributed by atoms with Gasteiger partial charge in [-0.3, -0.25) is 0 Å². The maximum atomic E-state index is 13.0. The predicted octanol–water partition coefficient (Wildman–Crippen LogP) is 4.96. The highest BCUT2D eigenvalue weighted by atomic mass is 32.2. The molecule has 190 valence electrons. The van der Waals surface area contributed by atoms with E-state index in [2.05, 4.69) is 38.6 Å². The molecule has 2 atom stereocenters. The zero-order valence-electron chi connectivity index (χ0n) is 19.2. The van der Waals surface area contributed by atoms with Crippen LogP contribution in [0.5, 0.6) is 5.75 Å². The smallest absolute Gasteiger partial charge is 0.406 e. The first-order valence-corrected chi connectivity index (χ1v) is 13.1. The Bertz CT molecular complexity index is 1280. The van der Waals surface area contributed by atoms with Crippen LogP contribution in [0.4, 0.5) is 24.5 Å². The van der Waals surface area contributed by atoms with Crippen LogP contribution in [-0.2, 0) is 27.6 Å². The third-order valence-electron chi connectivity index (χ3n) is 6.41. The lowest BCUT2D eigenvalue weighted by atomic mass is 10.0. The molecule has 1 fully saturated rings. The van der Waals surface area contributed by atoms with Crippen molar-refractivity contribution in [2.45, 2.75) is 42.6 Å². The molecule has 2 heterocycles. The lowest BCUT2D eigenvalue weighted by Crippen LogP contribution is -2.50. The Morgan fingerprint density at radius 2 is 1.44 bits per heavy atom. The van der Waals surface area contributed by atoms with E-state index in [1.807, 2.05) is 24.3 Å². The van der Waals surface area contributed by atoms with E-state index >= 15 is 0 Å². The minimum atomic E-state index is -4.85. The van der Waals surface area contributed by atoms with E-state index in [4.69, 9.17) is 4.74 Å². The van der Waals surface area contributed by atoms with E-state index in [0.29, 0.717) is 13.0 Å². The Morgan fingerprint density at radius 3 is 2.03 bits per heavy atom. The van der Waals surface area contributed by atoms with E-state index in [1.54, 1.807) is 0 Å². The van der Waals surface area contributed by atoms with Gasteiger partial charge in [0.15, 0.2) is 0 Å². The largest absolute Gasteiger partial charge is 0.573 e. The highest BCUT2D eigenvalue weighted by molar-refractivity contribution is 7.89. The molecule has 5 rings (SSSR count). The van der Waals surface area contributed by atoms with Crippen LogP contribution in [0.2, 0.25) is 0 Å². The molecule has 0 bridgehead atoms. The SMILES string of the molecule is O=S(=O)(N[C@@H]1COC[C@H](N2c3ccccc3CCc3ccccc32)C1)c1ccc(OC(F)(F)F)cc1.